The fourth-order valence-corrected chi connectivity index (χ4v) is 4.24. The smallest absolute Gasteiger partial charge is 0.273 e. The van der Waals surface area contributed by atoms with E-state index in [1.807, 2.05) is 72.5 Å². The van der Waals surface area contributed by atoms with Gasteiger partial charge in [-0.25, -0.2) is 0 Å². The van der Waals surface area contributed by atoms with Gasteiger partial charge in [-0.3, -0.25) is 14.9 Å². The lowest BCUT2D eigenvalue weighted by molar-refractivity contribution is 0.0730. The van der Waals surface area contributed by atoms with Gasteiger partial charge in [0.2, 0.25) is 0 Å². The van der Waals surface area contributed by atoms with Gasteiger partial charge in [0.15, 0.2) is 0 Å². The van der Waals surface area contributed by atoms with E-state index in [9.17, 15) is 4.79 Å². The number of benzene rings is 2. The van der Waals surface area contributed by atoms with E-state index in [1.165, 1.54) is 5.56 Å². The van der Waals surface area contributed by atoms with Gasteiger partial charge >= 0.3 is 0 Å². The second kappa shape index (κ2) is 7.43. The zero-order chi connectivity index (χ0) is 20.7. The van der Waals surface area contributed by atoms with Crippen LogP contribution in [-0.2, 0) is 6.54 Å². The summed E-state index contributed by atoms with van der Waals surface area (Å²) in [5, 5.41) is 8.12. The van der Waals surface area contributed by atoms with Crippen molar-refractivity contribution in [1.29, 1.82) is 0 Å². The molecule has 0 saturated carbocycles. The molecule has 1 unspecified atom stereocenters. The fraction of sp³-hybridized carbons (Fsp3) is 0.125. The van der Waals surface area contributed by atoms with E-state index in [4.69, 9.17) is 11.6 Å². The number of nitrogens with zero attached hydrogens (tertiary/aromatic N) is 3. The van der Waals surface area contributed by atoms with E-state index >= 15 is 0 Å². The minimum absolute atomic E-state index is 0.0856. The third kappa shape index (κ3) is 3.08. The molecule has 0 bridgehead atoms. The molecule has 1 amide bonds. The van der Waals surface area contributed by atoms with Crippen molar-refractivity contribution in [2.24, 2.45) is 0 Å². The maximum atomic E-state index is 13.4. The van der Waals surface area contributed by atoms with Gasteiger partial charge in [-0.2, -0.15) is 5.10 Å². The summed E-state index contributed by atoms with van der Waals surface area (Å²) >= 11 is 6.59. The molecule has 4 aromatic rings. The predicted molar refractivity (Wildman–Crippen MR) is 116 cm³/mol. The van der Waals surface area contributed by atoms with Gasteiger partial charge < -0.3 is 4.90 Å². The summed E-state index contributed by atoms with van der Waals surface area (Å²) in [6.45, 7) is 2.50. The van der Waals surface area contributed by atoms with Crippen molar-refractivity contribution in [2.45, 2.75) is 19.5 Å². The Morgan fingerprint density at radius 3 is 2.50 bits per heavy atom. The Morgan fingerprint density at radius 2 is 1.77 bits per heavy atom. The van der Waals surface area contributed by atoms with Gasteiger partial charge in [0.05, 0.1) is 11.7 Å². The average Bonchev–Trinajstić information content (AvgIpc) is 3.30. The highest BCUT2D eigenvalue weighted by Gasteiger charge is 2.42. The highest BCUT2D eigenvalue weighted by atomic mass is 35.5. The van der Waals surface area contributed by atoms with Crippen LogP contribution in [0, 0.1) is 6.92 Å². The molecular formula is C24H19ClN4O. The molecule has 1 aliphatic rings. The maximum absolute atomic E-state index is 13.4. The second-order valence-corrected chi connectivity index (χ2v) is 7.85. The molecular weight excluding hydrogens is 396 g/mol. The number of nitrogens with one attached hydrogen (secondary N) is 1. The molecule has 2 aromatic heterocycles. The van der Waals surface area contributed by atoms with E-state index in [0.717, 1.165) is 27.9 Å². The molecule has 2 aromatic carbocycles. The van der Waals surface area contributed by atoms with Crippen LogP contribution < -0.4 is 0 Å². The van der Waals surface area contributed by atoms with Crippen molar-refractivity contribution in [3.05, 3.63) is 106 Å². The van der Waals surface area contributed by atoms with E-state index in [0.29, 0.717) is 17.3 Å². The van der Waals surface area contributed by atoms with Crippen LogP contribution in [-0.4, -0.2) is 26.0 Å². The zero-order valence-electron chi connectivity index (χ0n) is 16.3. The molecule has 0 saturated heterocycles. The summed E-state index contributed by atoms with van der Waals surface area (Å²) in [6, 6.07) is 19.3. The Balaban J connectivity index is 1.67. The van der Waals surface area contributed by atoms with Crippen molar-refractivity contribution >= 4 is 17.5 Å². The van der Waals surface area contributed by atoms with Crippen LogP contribution in [0.4, 0.5) is 0 Å². The van der Waals surface area contributed by atoms with Crippen molar-refractivity contribution in [2.75, 3.05) is 0 Å². The Hall–Kier alpha value is -3.44. The number of halogens is 1. The standard InChI is InChI=1S/C24H19ClN4O/c1-15-6-8-17(9-7-15)21-20-22(28-27-21)24(30)29(14-16-10-12-26-13-11-16)23(20)18-4-2-3-5-19(18)25/h2-13,23H,14H2,1H3,(H,27,28). The monoisotopic (exact) mass is 414 g/mol. The van der Waals surface area contributed by atoms with Crippen LogP contribution >= 0.6 is 11.6 Å². The minimum atomic E-state index is -0.329. The molecule has 0 spiro atoms. The molecule has 6 heteroatoms. The Labute approximate surface area is 179 Å². The van der Waals surface area contributed by atoms with Crippen molar-refractivity contribution in [3.63, 3.8) is 0 Å². The highest BCUT2D eigenvalue weighted by Crippen LogP contribution is 2.45. The third-order valence-corrected chi connectivity index (χ3v) is 5.84. The SMILES string of the molecule is Cc1ccc(-c2n[nH]c3c2C(c2ccccc2Cl)N(Cc2ccncc2)C3=O)cc1. The molecule has 5 nitrogen and oxygen atoms in total. The second-order valence-electron chi connectivity index (χ2n) is 7.44. The van der Waals surface area contributed by atoms with Crippen molar-refractivity contribution in [3.8, 4) is 11.3 Å². The largest absolute Gasteiger partial charge is 0.322 e. The van der Waals surface area contributed by atoms with E-state index in [-0.39, 0.29) is 11.9 Å². The Morgan fingerprint density at radius 1 is 1.03 bits per heavy atom. The fourth-order valence-electron chi connectivity index (χ4n) is 4.00. The van der Waals surface area contributed by atoms with Crippen molar-refractivity contribution < 1.29 is 4.79 Å². The normalized spacial score (nSPS) is 15.5. The van der Waals surface area contributed by atoms with Crippen LogP contribution in [0.1, 0.15) is 38.8 Å². The molecule has 1 N–H and O–H groups in total. The predicted octanol–water partition coefficient (Wildman–Crippen LogP) is 5.18. The molecule has 148 valence electrons. The first-order chi connectivity index (χ1) is 14.6. The van der Waals surface area contributed by atoms with E-state index in [2.05, 4.69) is 15.2 Å². The molecule has 0 fully saturated rings. The van der Waals surface area contributed by atoms with Gasteiger partial charge in [-0.1, -0.05) is 59.6 Å². The van der Waals surface area contributed by atoms with Crippen LogP contribution in [0.25, 0.3) is 11.3 Å². The summed E-state index contributed by atoms with van der Waals surface area (Å²) in [4.78, 5) is 19.3. The molecule has 0 radical (unpaired) electrons. The molecule has 1 atom stereocenters. The zero-order valence-corrected chi connectivity index (χ0v) is 17.1. The van der Waals surface area contributed by atoms with Gasteiger partial charge in [0.1, 0.15) is 5.69 Å². The first-order valence-corrected chi connectivity index (χ1v) is 10.1. The number of amides is 1. The van der Waals surface area contributed by atoms with E-state index < -0.39 is 0 Å². The van der Waals surface area contributed by atoms with Gasteiger partial charge in [-0.05, 0) is 36.2 Å². The van der Waals surface area contributed by atoms with Crippen LogP contribution in [0.2, 0.25) is 5.02 Å². The Kier molecular flexibility index (Phi) is 4.60. The van der Waals surface area contributed by atoms with Gasteiger partial charge in [-0.15, -0.1) is 0 Å². The number of aromatic nitrogens is 3. The van der Waals surface area contributed by atoms with Crippen LogP contribution in [0.5, 0.6) is 0 Å². The average molecular weight is 415 g/mol. The topological polar surface area (TPSA) is 61.9 Å². The lowest BCUT2D eigenvalue weighted by atomic mass is 9.95. The minimum Gasteiger partial charge on any atom is -0.322 e. The van der Waals surface area contributed by atoms with Crippen LogP contribution in [0.3, 0.4) is 0 Å². The highest BCUT2D eigenvalue weighted by molar-refractivity contribution is 6.31. The summed E-state index contributed by atoms with van der Waals surface area (Å²) in [6.07, 6.45) is 3.47. The maximum Gasteiger partial charge on any atom is 0.273 e. The number of carbonyl (C=O) groups excluding carboxylic acids is 1. The number of carbonyl (C=O) groups is 1. The summed E-state index contributed by atoms with van der Waals surface area (Å²) in [5.74, 6) is -0.0856. The Bertz CT molecular complexity index is 1220. The van der Waals surface area contributed by atoms with Crippen molar-refractivity contribution in [1.82, 2.24) is 20.1 Å². The molecule has 0 aliphatic carbocycles. The first kappa shape index (κ1) is 18.6. The third-order valence-electron chi connectivity index (χ3n) is 5.49. The number of fused-ring (bicyclic) bond motifs is 1. The molecule has 5 rings (SSSR count). The molecule has 30 heavy (non-hydrogen) atoms. The molecule has 3 heterocycles. The summed E-state index contributed by atoms with van der Waals surface area (Å²) in [7, 11) is 0. The number of H-pyrrole nitrogens is 1. The first-order valence-electron chi connectivity index (χ1n) is 9.73. The van der Waals surface area contributed by atoms with Gasteiger partial charge in [0.25, 0.3) is 5.91 Å². The lowest BCUT2D eigenvalue weighted by Gasteiger charge is -2.27. The number of aryl methyl sites for hydroxylation is 1. The number of hydrogen-bond donors (Lipinski definition) is 1. The summed E-state index contributed by atoms with van der Waals surface area (Å²) in [5.41, 5.74) is 6.19. The van der Waals surface area contributed by atoms with Crippen LogP contribution in [0.15, 0.2) is 73.1 Å². The van der Waals surface area contributed by atoms with Gasteiger partial charge in [0, 0.05) is 35.1 Å². The lowest BCUT2D eigenvalue weighted by Crippen LogP contribution is -2.29. The molecule has 1 aliphatic heterocycles. The summed E-state index contributed by atoms with van der Waals surface area (Å²) < 4.78 is 0. The number of rotatable bonds is 4. The number of hydrogen-bond acceptors (Lipinski definition) is 3. The number of pyridine rings is 1. The number of aromatic amines is 1. The quantitative estimate of drug-likeness (QED) is 0.500. The van der Waals surface area contributed by atoms with E-state index in [1.54, 1.807) is 12.4 Å².